The Hall–Kier alpha value is -3.20. The maximum absolute atomic E-state index is 12.3. The van der Waals surface area contributed by atoms with E-state index >= 15 is 0 Å². The second kappa shape index (κ2) is 8.26. The fourth-order valence-corrected chi connectivity index (χ4v) is 2.36. The van der Waals surface area contributed by atoms with E-state index < -0.39 is 10.8 Å². The van der Waals surface area contributed by atoms with Crippen LogP contribution in [0.4, 0.5) is 17.1 Å². The van der Waals surface area contributed by atoms with Gasteiger partial charge < -0.3 is 15.0 Å². The zero-order valence-corrected chi connectivity index (χ0v) is 15.3. The van der Waals surface area contributed by atoms with Gasteiger partial charge in [0, 0.05) is 37.1 Å². The summed E-state index contributed by atoms with van der Waals surface area (Å²) in [4.78, 5) is 24.6. The van der Waals surface area contributed by atoms with Crippen molar-refractivity contribution in [1.82, 2.24) is 5.32 Å². The van der Waals surface area contributed by atoms with Gasteiger partial charge in [-0.2, -0.15) is 0 Å². The van der Waals surface area contributed by atoms with E-state index in [0.29, 0.717) is 5.69 Å². The molecule has 0 aliphatic carbocycles. The highest BCUT2D eigenvalue weighted by Crippen LogP contribution is 2.27. The first kappa shape index (κ1) is 19.1. The largest absolute Gasteiger partial charge is 0.490 e. The zero-order chi connectivity index (χ0) is 19.3. The number of nitro groups is 1. The number of amides is 1. The average molecular weight is 374 g/mol. The summed E-state index contributed by atoms with van der Waals surface area (Å²) in [6.45, 7) is 0. The Morgan fingerprint density at radius 2 is 1.85 bits per heavy atom. The van der Waals surface area contributed by atoms with E-state index in [-0.39, 0.29) is 22.1 Å². The Morgan fingerprint density at radius 1 is 1.19 bits per heavy atom. The summed E-state index contributed by atoms with van der Waals surface area (Å²) in [6.07, 6.45) is 0. The van der Waals surface area contributed by atoms with Gasteiger partial charge in [-0.1, -0.05) is 0 Å². The molecule has 0 heterocycles. The maximum Gasteiger partial charge on any atom is 0.311 e. The molecular weight excluding hydrogens is 356 g/mol. The fraction of sp³-hybridized carbons (Fsp3) is 0.176. The molecule has 0 saturated heterocycles. The van der Waals surface area contributed by atoms with E-state index in [1.54, 1.807) is 0 Å². The number of anilines is 2. The lowest BCUT2D eigenvalue weighted by Crippen LogP contribution is -2.34. The molecule has 8 nitrogen and oxygen atoms in total. The van der Waals surface area contributed by atoms with Crippen molar-refractivity contribution in [2.75, 3.05) is 31.4 Å². The number of methoxy groups -OCH3 is 1. The second-order valence-corrected chi connectivity index (χ2v) is 5.90. The molecule has 0 atom stereocenters. The minimum atomic E-state index is -0.613. The molecular formula is C17H18N4O4S. The third-order valence-corrected chi connectivity index (χ3v) is 3.71. The van der Waals surface area contributed by atoms with Crippen molar-refractivity contribution in [2.45, 2.75) is 0 Å². The molecule has 0 radical (unpaired) electrons. The topological polar surface area (TPSA) is 96.7 Å². The van der Waals surface area contributed by atoms with Gasteiger partial charge in [0.15, 0.2) is 10.9 Å². The molecule has 0 saturated carbocycles. The van der Waals surface area contributed by atoms with Crippen LogP contribution in [0, 0.1) is 10.1 Å². The highest BCUT2D eigenvalue weighted by molar-refractivity contribution is 7.80. The second-order valence-electron chi connectivity index (χ2n) is 5.49. The van der Waals surface area contributed by atoms with Gasteiger partial charge in [0.2, 0.25) is 0 Å². The Morgan fingerprint density at radius 3 is 2.38 bits per heavy atom. The summed E-state index contributed by atoms with van der Waals surface area (Å²) in [5.41, 5.74) is 1.54. The van der Waals surface area contributed by atoms with Gasteiger partial charge in [-0.15, -0.1) is 0 Å². The van der Waals surface area contributed by atoms with Crippen LogP contribution in [0.25, 0.3) is 0 Å². The highest BCUT2D eigenvalue weighted by atomic mass is 32.1. The van der Waals surface area contributed by atoms with Crippen molar-refractivity contribution in [2.24, 2.45) is 0 Å². The average Bonchev–Trinajstić information content (AvgIpc) is 2.61. The molecule has 0 aliphatic rings. The maximum atomic E-state index is 12.3. The summed E-state index contributed by atoms with van der Waals surface area (Å²) >= 11 is 5.12. The summed E-state index contributed by atoms with van der Waals surface area (Å²) in [7, 11) is 5.19. The van der Waals surface area contributed by atoms with Gasteiger partial charge in [0.05, 0.1) is 12.0 Å². The number of carbonyl (C=O) groups is 1. The zero-order valence-electron chi connectivity index (χ0n) is 14.5. The molecule has 2 aromatic rings. The van der Waals surface area contributed by atoms with E-state index in [1.165, 1.54) is 19.2 Å². The van der Waals surface area contributed by atoms with Crippen molar-refractivity contribution < 1.29 is 14.5 Å². The Bertz CT molecular complexity index is 837. The van der Waals surface area contributed by atoms with Crippen molar-refractivity contribution in [3.05, 3.63) is 58.1 Å². The summed E-state index contributed by atoms with van der Waals surface area (Å²) in [5, 5.41) is 16.5. The van der Waals surface area contributed by atoms with Gasteiger partial charge in [-0.05, 0) is 48.6 Å². The lowest BCUT2D eigenvalue weighted by Gasteiger charge is -2.14. The molecule has 0 fully saturated rings. The SMILES string of the molecule is COc1ccc(C(=O)NC(=S)Nc2ccc(N(C)C)cc2)cc1[N+](=O)[O-]. The van der Waals surface area contributed by atoms with Crippen LogP contribution < -0.4 is 20.3 Å². The molecule has 0 unspecified atom stereocenters. The van der Waals surface area contributed by atoms with Gasteiger partial charge in [-0.3, -0.25) is 20.2 Å². The molecule has 2 N–H and O–H groups in total. The van der Waals surface area contributed by atoms with E-state index in [4.69, 9.17) is 17.0 Å². The van der Waals surface area contributed by atoms with Gasteiger partial charge in [-0.25, -0.2) is 0 Å². The van der Waals surface area contributed by atoms with Crippen LogP contribution in [0.2, 0.25) is 0 Å². The molecule has 26 heavy (non-hydrogen) atoms. The van der Waals surface area contributed by atoms with Gasteiger partial charge >= 0.3 is 5.69 Å². The molecule has 0 aliphatic heterocycles. The molecule has 2 aromatic carbocycles. The van der Waals surface area contributed by atoms with Crippen molar-refractivity contribution >= 4 is 40.3 Å². The highest BCUT2D eigenvalue weighted by Gasteiger charge is 2.18. The standard InChI is InChI=1S/C17H18N4O4S/c1-20(2)13-7-5-12(6-8-13)18-17(26)19-16(22)11-4-9-15(25-3)14(10-11)21(23)24/h4-10H,1-3H3,(H2,18,19,22,26). The van der Waals surface area contributed by atoms with Crippen LogP contribution in [-0.4, -0.2) is 37.1 Å². The van der Waals surface area contributed by atoms with Crippen LogP contribution in [0.3, 0.4) is 0 Å². The predicted octanol–water partition coefficient (Wildman–Crippen LogP) is 2.80. The number of hydrogen-bond acceptors (Lipinski definition) is 6. The van der Waals surface area contributed by atoms with Crippen LogP contribution >= 0.6 is 12.2 Å². The molecule has 9 heteroatoms. The first-order chi connectivity index (χ1) is 12.3. The van der Waals surface area contributed by atoms with Crippen LogP contribution in [0.5, 0.6) is 5.75 Å². The van der Waals surface area contributed by atoms with Crippen LogP contribution in [0.15, 0.2) is 42.5 Å². The number of ether oxygens (including phenoxy) is 1. The first-order valence-corrected chi connectivity index (χ1v) is 7.95. The van der Waals surface area contributed by atoms with E-state index in [9.17, 15) is 14.9 Å². The third kappa shape index (κ3) is 4.67. The normalized spacial score (nSPS) is 9.96. The number of nitro benzene ring substituents is 1. The van der Waals surface area contributed by atoms with Crippen molar-refractivity contribution in [3.63, 3.8) is 0 Å². The van der Waals surface area contributed by atoms with Crippen LogP contribution in [-0.2, 0) is 0 Å². The number of nitrogens with one attached hydrogen (secondary N) is 2. The Kier molecular flexibility index (Phi) is 6.07. The van der Waals surface area contributed by atoms with Gasteiger partial charge in [0.25, 0.3) is 5.91 Å². The Labute approximate surface area is 155 Å². The van der Waals surface area contributed by atoms with E-state index in [0.717, 1.165) is 11.8 Å². The number of hydrogen-bond donors (Lipinski definition) is 2. The lowest BCUT2D eigenvalue weighted by atomic mass is 10.1. The molecule has 0 spiro atoms. The molecule has 0 bridgehead atoms. The number of nitrogens with zero attached hydrogens (tertiary/aromatic N) is 2. The summed E-state index contributed by atoms with van der Waals surface area (Å²) < 4.78 is 4.91. The number of thiocarbonyl (C=S) groups is 1. The van der Waals surface area contributed by atoms with E-state index in [1.807, 2.05) is 43.3 Å². The summed E-state index contributed by atoms with van der Waals surface area (Å²) in [6, 6.07) is 11.4. The van der Waals surface area contributed by atoms with Gasteiger partial charge in [0.1, 0.15) is 0 Å². The smallest absolute Gasteiger partial charge is 0.311 e. The fourth-order valence-electron chi connectivity index (χ4n) is 2.15. The minimum absolute atomic E-state index is 0.0771. The minimum Gasteiger partial charge on any atom is -0.490 e. The first-order valence-electron chi connectivity index (χ1n) is 7.54. The third-order valence-electron chi connectivity index (χ3n) is 3.51. The number of rotatable bonds is 5. The monoisotopic (exact) mass is 374 g/mol. The lowest BCUT2D eigenvalue weighted by molar-refractivity contribution is -0.385. The molecule has 1 amide bonds. The molecule has 2 rings (SSSR count). The number of carbonyl (C=O) groups excluding carboxylic acids is 1. The van der Waals surface area contributed by atoms with Crippen molar-refractivity contribution in [1.29, 1.82) is 0 Å². The van der Waals surface area contributed by atoms with E-state index in [2.05, 4.69) is 10.6 Å². The van der Waals surface area contributed by atoms with Crippen molar-refractivity contribution in [3.8, 4) is 5.75 Å². The molecule has 136 valence electrons. The molecule has 0 aromatic heterocycles. The van der Waals surface area contributed by atoms with Crippen LogP contribution in [0.1, 0.15) is 10.4 Å². The Balaban J connectivity index is 2.06. The predicted molar refractivity (Wildman–Crippen MR) is 104 cm³/mol. The number of benzene rings is 2. The summed E-state index contributed by atoms with van der Waals surface area (Å²) in [5.74, 6) is -0.480. The quantitative estimate of drug-likeness (QED) is 0.472.